The molecular formula is C23H31ClN2O2. The fourth-order valence-electron chi connectivity index (χ4n) is 4.10. The third kappa shape index (κ3) is 4.78. The second-order valence-electron chi connectivity index (χ2n) is 8.68. The van der Waals surface area contributed by atoms with Crippen molar-refractivity contribution in [1.82, 2.24) is 9.55 Å². The molecule has 28 heavy (non-hydrogen) atoms. The van der Waals surface area contributed by atoms with E-state index in [0.717, 1.165) is 48.8 Å². The van der Waals surface area contributed by atoms with E-state index in [0.29, 0.717) is 13.0 Å². The van der Waals surface area contributed by atoms with E-state index in [1.54, 1.807) is 0 Å². The summed E-state index contributed by atoms with van der Waals surface area (Å²) in [6.45, 7) is 9.63. The van der Waals surface area contributed by atoms with E-state index in [9.17, 15) is 4.79 Å². The van der Waals surface area contributed by atoms with Crippen molar-refractivity contribution in [3.63, 3.8) is 0 Å². The van der Waals surface area contributed by atoms with Crippen LogP contribution in [-0.4, -0.2) is 22.1 Å². The number of rotatable bonds is 5. The fourth-order valence-corrected chi connectivity index (χ4v) is 4.23. The SMILES string of the molecule is CCOC(=O)CC1CCCCc2nc(C(C)(C)C)n(Cc3ccc(Cl)cc3)c21. The van der Waals surface area contributed by atoms with Gasteiger partial charge in [0.15, 0.2) is 0 Å². The van der Waals surface area contributed by atoms with Crippen molar-refractivity contribution in [2.24, 2.45) is 0 Å². The van der Waals surface area contributed by atoms with Gasteiger partial charge in [-0.2, -0.15) is 0 Å². The maximum Gasteiger partial charge on any atom is 0.306 e. The summed E-state index contributed by atoms with van der Waals surface area (Å²) in [6, 6.07) is 8.00. The van der Waals surface area contributed by atoms with Crippen LogP contribution >= 0.6 is 11.6 Å². The summed E-state index contributed by atoms with van der Waals surface area (Å²) in [5.74, 6) is 1.13. The molecule has 1 heterocycles. The van der Waals surface area contributed by atoms with Gasteiger partial charge in [0.2, 0.25) is 0 Å². The Balaban J connectivity index is 2.05. The second kappa shape index (κ2) is 8.69. The number of ether oxygens (including phenoxy) is 1. The van der Waals surface area contributed by atoms with Crippen molar-refractivity contribution in [2.75, 3.05) is 6.61 Å². The summed E-state index contributed by atoms with van der Waals surface area (Å²) in [6.07, 6.45) is 4.64. The van der Waals surface area contributed by atoms with Gasteiger partial charge in [0.25, 0.3) is 0 Å². The molecule has 5 heteroatoms. The molecule has 0 radical (unpaired) electrons. The lowest BCUT2D eigenvalue weighted by molar-refractivity contribution is -0.143. The lowest BCUT2D eigenvalue weighted by Crippen LogP contribution is -2.22. The van der Waals surface area contributed by atoms with Crippen LogP contribution in [0.2, 0.25) is 5.02 Å². The van der Waals surface area contributed by atoms with E-state index in [1.807, 2.05) is 19.1 Å². The van der Waals surface area contributed by atoms with Crippen molar-refractivity contribution in [1.29, 1.82) is 0 Å². The van der Waals surface area contributed by atoms with Crippen LogP contribution in [0.15, 0.2) is 24.3 Å². The highest BCUT2D eigenvalue weighted by Gasteiger charge is 2.32. The molecule has 0 saturated heterocycles. The highest BCUT2D eigenvalue weighted by atomic mass is 35.5. The molecule has 0 saturated carbocycles. The van der Waals surface area contributed by atoms with Gasteiger partial charge < -0.3 is 9.30 Å². The first-order valence-corrected chi connectivity index (χ1v) is 10.7. The highest BCUT2D eigenvalue weighted by Crippen LogP contribution is 2.37. The molecule has 1 aliphatic carbocycles. The lowest BCUT2D eigenvalue weighted by Gasteiger charge is -2.24. The number of halogens is 1. The van der Waals surface area contributed by atoms with Crippen LogP contribution in [0.5, 0.6) is 0 Å². The summed E-state index contributed by atoms with van der Waals surface area (Å²) >= 11 is 6.07. The second-order valence-corrected chi connectivity index (χ2v) is 9.12. The molecule has 0 N–H and O–H groups in total. The van der Waals surface area contributed by atoms with E-state index in [1.165, 1.54) is 11.3 Å². The summed E-state index contributed by atoms with van der Waals surface area (Å²) in [5.41, 5.74) is 3.50. The first-order chi connectivity index (χ1) is 13.3. The van der Waals surface area contributed by atoms with Gasteiger partial charge in [-0.25, -0.2) is 4.98 Å². The molecule has 3 rings (SSSR count). The molecule has 1 atom stereocenters. The number of imidazole rings is 1. The van der Waals surface area contributed by atoms with Crippen molar-refractivity contribution in [3.05, 3.63) is 52.1 Å². The third-order valence-electron chi connectivity index (χ3n) is 5.33. The minimum atomic E-state index is -0.114. The van der Waals surface area contributed by atoms with Crippen LogP contribution in [0.4, 0.5) is 0 Å². The van der Waals surface area contributed by atoms with Gasteiger partial charge in [-0.05, 0) is 43.9 Å². The molecule has 152 valence electrons. The number of benzene rings is 1. The van der Waals surface area contributed by atoms with Crippen molar-refractivity contribution in [2.45, 2.75) is 77.7 Å². The molecule has 2 aromatic rings. The zero-order valence-corrected chi connectivity index (χ0v) is 18.2. The quantitative estimate of drug-likeness (QED) is 0.479. The van der Waals surface area contributed by atoms with Crippen molar-refractivity contribution >= 4 is 17.6 Å². The summed E-state index contributed by atoms with van der Waals surface area (Å²) in [5, 5.41) is 0.740. The molecule has 0 bridgehead atoms. The van der Waals surface area contributed by atoms with Gasteiger partial charge in [-0.15, -0.1) is 0 Å². The molecule has 0 spiro atoms. The first-order valence-electron chi connectivity index (χ1n) is 10.3. The average molecular weight is 403 g/mol. The molecule has 0 aliphatic heterocycles. The van der Waals surface area contributed by atoms with Crippen LogP contribution in [-0.2, 0) is 27.9 Å². The van der Waals surface area contributed by atoms with Crippen LogP contribution in [0, 0.1) is 0 Å². The third-order valence-corrected chi connectivity index (χ3v) is 5.58. The topological polar surface area (TPSA) is 44.1 Å². The number of aromatic nitrogens is 2. The van der Waals surface area contributed by atoms with Gasteiger partial charge >= 0.3 is 5.97 Å². The van der Waals surface area contributed by atoms with Gasteiger partial charge in [-0.1, -0.05) is 50.9 Å². The molecule has 1 aliphatic rings. The van der Waals surface area contributed by atoms with Crippen LogP contribution < -0.4 is 0 Å². The smallest absolute Gasteiger partial charge is 0.306 e. The van der Waals surface area contributed by atoms with Crippen molar-refractivity contribution in [3.8, 4) is 0 Å². The Bertz CT molecular complexity index is 818. The number of hydrogen-bond donors (Lipinski definition) is 0. The lowest BCUT2D eigenvalue weighted by atomic mass is 9.94. The van der Waals surface area contributed by atoms with E-state index in [-0.39, 0.29) is 17.3 Å². The van der Waals surface area contributed by atoms with E-state index < -0.39 is 0 Å². The highest BCUT2D eigenvalue weighted by molar-refractivity contribution is 6.30. The molecule has 0 fully saturated rings. The van der Waals surface area contributed by atoms with E-state index in [4.69, 9.17) is 21.3 Å². The Morgan fingerprint density at radius 2 is 1.96 bits per heavy atom. The fraction of sp³-hybridized carbons (Fsp3) is 0.565. The van der Waals surface area contributed by atoms with Crippen LogP contribution in [0.25, 0.3) is 0 Å². The standard InChI is InChI=1S/C23H31ClN2O2/c1-5-28-20(27)14-17-8-6-7-9-19-21(17)26(22(25-19)23(2,3)4)15-16-10-12-18(24)13-11-16/h10-13,17H,5-9,14-15H2,1-4H3. The first kappa shape index (κ1) is 20.9. The van der Waals surface area contributed by atoms with Crippen LogP contribution in [0.3, 0.4) is 0 Å². The zero-order valence-electron chi connectivity index (χ0n) is 17.4. The van der Waals surface area contributed by atoms with Crippen molar-refractivity contribution < 1.29 is 9.53 Å². The largest absolute Gasteiger partial charge is 0.466 e. The Kier molecular flexibility index (Phi) is 6.49. The predicted molar refractivity (Wildman–Crippen MR) is 113 cm³/mol. The number of hydrogen-bond acceptors (Lipinski definition) is 3. The van der Waals surface area contributed by atoms with Crippen LogP contribution in [0.1, 0.15) is 82.1 Å². The summed E-state index contributed by atoms with van der Waals surface area (Å²) < 4.78 is 7.62. The molecular weight excluding hydrogens is 372 g/mol. The number of esters is 1. The monoisotopic (exact) mass is 402 g/mol. The maximum absolute atomic E-state index is 12.3. The molecule has 1 aromatic heterocycles. The van der Waals surface area contributed by atoms with E-state index in [2.05, 4.69) is 37.5 Å². The number of carbonyl (C=O) groups excluding carboxylic acids is 1. The minimum Gasteiger partial charge on any atom is -0.466 e. The van der Waals surface area contributed by atoms with Gasteiger partial charge in [0, 0.05) is 28.6 Å². The normalized spacial score (nSPS) is 17.1. The van der Waals surface area contributed by atoms with E-state index >= 15 is 0 Å². The number of carbonyl (C=O) groups is 1. The zero-order chi connectivity index (χ0) is 20.3. The molecule has 4 nitrogen and oxygen atoms in total. The number of aryl methyl sites for hydroxylation is 1. The summed E-state index contributed by atoms with van der Waals surface area (Å²) in [7, 11) is 0. The predicted octanol–water partition coefficient (Wildman–Crippen LogP) is 5.65. The summed E-state index contributed by atoms with van der Waals surface area (Å²) in [4.78, 5) is 17.4. The Hall–Kier alpha value is -1.81. The Labute approximate surface area is 173 Å². The molecule has 1 unspecified atom stereocenters. The van der Waals surface area contributed by atoms with Gasteiger partial charge in [0.1, 0.15) is 5.82 Å². The van der Waals surface area contributed by atoms with Gasteiger partial charge in [-0.3, -0.25) is 4.79 Å². The molecule has 1 aromatic carbocycles. The Morgan fingerprint density at radius 1 is 1.25 bits per heavy atom. The minimum absolute atomic E-state index is 0.0763. The van der Waals surface area contributed by atoms with Gasteiger partial charge in [0.05, 0.1) is 18.7 Å². The average Bonchev–Trinajstić information content (AvgIpc) is 2.87. The molecule has 0 amide bonds. The Morgan fingerprint density at radius 3 is 2.61 bits per heavy atom. The maximum atomic E-state index is 12.3. The number of fused-ring (bicyclic) bond motifs is 1. The number of nitrogens with zero attached hydrogens (tertiary/aromatic N) is 2.